The minimum absolute atomic E-state index is 0.203. The summed E-state index contributed by atoms with van der Waals surface area (Å²) < 4.78 is 5.46. The molecule has 102 valence electrons. The van der Waals surface area contributed by atoms with Crippen molar-refractivity contribution in [1.29, 1.82) is 0 Å². The molecule has 0 spiro atoms. The van der Waals surface area contributed by atoms with Crippen molar-refractivity contribution >= 4 is 5.97 Å². The SMILES string of the molecule is CC1(OCC(=O)O)CN(C2CCc3ccccc32)C1. The van der Waals surface area contributed by atoms with E-state index < -0.39 is 5.97 Å². The Hall–Kier alpha value is -1.39. The van der Waals surface area contributed by atoms with Gasteiger partial charge in [-0.05, 0) is 30.9 Å². The van der Waals surface area contributed by atoms with E-state index in [9.17, 15) is 4.79 Å². The van der Waals surface area contributed by atoms with Crippen LogP contribution in [0, 0.1) is 0 Å². The van der Waals surface area contributed by atoms with E-state index in [2.05, 4.69) is 29.2 Å². The van der Waals surface area contributed by atoms with Gasteiger partial charge in [0.05, 0.1) is 5.60 Å². The van der Waals surface area contributed by atoms with Crippen LogP contribution in [0.3, 0.4) is 0 Å². The number of carbonyl (C=O) groups is 1. The van der Waals surface area contributed by atoms with Crippen molar-refractivity contribution in [3.05, 3.63) is 35.4 Å². The van der Waals surface area contributed by atoms with Crippen LogP contribution in [0.4, 0.5) is 0 Å². The molecule has 1 aliphatic heterocycles. The molecule has 1 fully saturated rings. The van der Waals surface area contributed by atoms with Crippen LogP contribution < -0.4 is 0 Å². The smallest absolute Gasteiger partial charge is 0.329 e. The molecule has 0 radical (unpaired) electrons. The number of benzene rings is 1. The number of likely N-dealkylation sites (tertiary alicyclic amines) is 1. The summed E-state index contributed by atoms with van der Waals surface area (Å²) in [7, 11) is 0. The summed E-state index contributed by atoms with van der Waals surface area (Å²) in [5.41, 5.74) is 2.59. The highest BCUT2D eigenvalue weighted by molar-refractivity contribution is 5.68. The lowest BCUT2D eigenvalue weighted by Crippen LogP contribution is -2.62. The first-order valence-corrected chi connectivity index (χ1v) is 6.75. The molecule has 0 bridgehead atoms. The predicted molar refractivity (Wildman–Crippen MR) is 71.1 cm³/mol. The summed E-state index contributed by atoms with van der Waals surface area (Å²) >= 11 is 0. The monoisotopic (exact) mass is 261 g/mol. The Morgan fingerprint density at radius 3 is 2.95 bits per heavy atom. The normalized spacial score (nSPS) is 24.8. The maximum atomic E-state index is 10.5. The zero-order valence-corrected chi connectivity index (χ0v) is 11.1. The van der Waals surface area contributed by atoms with Gasteiger partial charge in [-0.3, -0.25) is 4.90 Å². The van der Waals surface area contributed by atoms with Gasteiger partial charge in [-0.2, -0.15) is 0 Å². The standard InChI is InChI=1S/C15H19NO3/c1-15(19-8-14(17)18)9-16(10-15)13-7-6-11-4-2-3-5-12(11)13/h2-5,13H,6-10H2,1H3,(H,17,18). The lowest BCUT2D eigenvalue weighted by molar-refractivity contribution is -0.169. The molecule has 1 N–H and O–H groups in total. The number of fused-ring (bicyclic) bond motifs is 1. The summed E-state index contributed by atoms with van der Waals surface area (Å²) in [5, 5.41) is 8.67. The van der Waals surface area contributed by atoms with Gasteiger partial charge in [0.1, 0.15) is 6.61 Å². The Kier molecular flexibility index (Phi) is 3.07. The third kappa shape index (κ3) is 2.38. The second-order valence-corrected chi connectivity index (χ2v) is 5.79. The molecule has 1 aromatic rings. The third-order valence-corrected chi connectivity index (χ3v) is 4.16. The van der Waals surface area contributed by atoms with Gasteiger partial charge in [-0.1, -0.05) is 24.3 Å². The number of hydrogen-bond donors (Lipinski definition) is 1. The highest BCUT2D eigenvalue weighted by Crippen LogP contribution is 2.41. The molecule has 0 saturated carbocycles. The second-order valence-electron chi connectivity index (χ2n) is 5.79. The molecule has 3 rings (SSSR count). The van der Waals surface area contributed by atoms with Crippen LogP contribution in [-0.2, 0) is 16.0 Å². The molecule has 2 aliphatic rings. The topological polar surface area (TPSA) is 49.8 Å². The first-order chi connectivity index (χ1) is 9.07. The molecule has 19 heavy (non-hydrogen) atoms. The van der Waals surface area contributed by atoms with Crippen molar-refractivity contribution in [2.75, 3.05) is 19.7 Å². The molecule has 1 unspecified atom stereocenters. The molecule has 1 aromatic carbocycles. The average molecular weight is 261 g/mol. The van der Waals surface area contributed by atoms with Crippen LogP contribution >= 0.6 is 0 Å². The number of carboxylic acid groups (broad SMARTS) is 1. The van der Waals surface area contributed by atoms with Gasteiger partial charge in [-0.25, -0.2) is 4.79 Å². The number of carboxylic acids is 1. The van der Waals surface area contributed by atoms with Crippen LogP contribution in [0.2, 0.25) is 0 Å². The van der Waals surface area contributed by atoms with Crippen LogP contribution in [0.25, 0.3) is 0 Å². The van der Waals surface area contributed by atoms with Crippen molar-refractivity contribution in [3.8, 4) is 0 Å². The predicted octanol–water partition coefficient (Wildman–Crippen LogP) is 1.85. The largest absolute Gasteiger partial charge is 0.480 e. The van der Waals surface area contributed by atoms with Crippen LogP contribution in [-0.4, -0.2) is 41.3 Å². The molecule has 0 aromatic heterocycles. The van der Waals surface area contributed by atoms with Crippen molar-refractivity contribution in [2.24, 2.45) is 0 Å². The van der Waals surface area contributed by atoms with Crippen LogP contribution in [0.5, 0.6) is 0 Å². The maximum Gasteiger partial charge on any atom is 0.329 e. The number of aryl methyl sites for hydroxylation is 1. The van der Waals surface area contributed by atoms with E-state index in [1.807, 2.05) is 6.92 Å². The highest BCUT2D eigenvalue weighted by Gasteiger charge is 2.44. The van der Waals surface area contributed by atoms with E-state index in [0.29, 0.717) is 6.04 Å². The number of hydrogen-bond acceptors (Lipinski definition) is 3. The van der Waals surface area contributed by atoms with E-state index >= 15 is 0 Å². The maximum absolute atomic E-state index is 10.5. The first-order valence-electron chi connectivity index (χ1n) is 6.75. The van der Waals surface area contributed by atoms with Crippen molar-refractivity contribution in [2.45, 2.75) is 31.4 Å². The van der Waals surface area contributed by atoms with E-state index in [1.165, 1.54) is 11.1 Å². The van der Waals surface area contributed by atoms with Gasteiger partial charge >= 0.3 is 5.97 Å². The van der Waals surface area contributed by atoms with Crippen molar-refractivity contribution in [3.63, 3.8) is 0 Å². The average Bonchev–Trinajstić information content (AvgIpc) is 2.76. The zero-order chi connectivity index (χ0) is 13.5. The molecule has 1 saturated heterocycles. The minimum atomic E-state index is -0.897. The summed E-state index contributed by atoms with van der Waals surface area (Å²) in [5.74, 6) is -0.897. The van der Waals surface area contributed by atoms with Gasteiger partial charge in [0.2, 0.25) is 0 Å². The van der Waals surface area contributed by atoms with E-state index in [0.717, 1.165) is 25.9 Å². The molecule has 4 nitrogen and oxygen atoms in total. The van der Waals surface area contributed by atoms with E-state index in [-0.39, 0.29) is 12.2 Å². The van der Waals surface area contributed by atoms with E-state index in [4.69, 9.17) is 9.84 Å². The minimum Gasteiger partial charge on any atom is -0.480 e. The fourth-order valence-corrected chi connectivity index (χ4v) is 3.27. The Bertz CT molecular complexity index is 494. The lowest BCUT2D eigenvalue weighted by Gasteiger charge is -2.50. The van der Waals surface area contributed by atoms with E-state index in [1.54, 1.807) is 0 Å². The summed E-state index contributed by atoms with van der Waals surface area (Å²) in [6.45, 7) is 3.43. The lowest BCUT2D eigenvalue weighted by atomic mass is 9.92. The molecular formula is C15H19NO3. The molecule has 1 atom stereocenters. The number of aliphatic carboxylic acids is 1. The molecule has 1 aliphatic carbocycles. The number of rotatable bonds is 4. The zero-order valence-electron chi connectivity index (χ0n) is 11.1. The molecule has 4 heteroatoms. The summed E-state index contributed by atoms with van der Waals surface area (Å²) in [4.78, 5) is 12.9. The summed E-state index contributed by atoms with van der Waals surface area (Å²) in [6.07, 6.45) is 2.30. The Labute approximate surface area is 113 Å². The molecule has 1 heterocycles. The van der Waals surface area contributed by atoms with Crippen molar-refractivity contribution < 1.29 is 14.6 Å². The highest BCUT2D eigenvalue weighted by atomic mass is 16.5. The number of nitrogens with zero attached hydrogens (tertiary/aromatic N) is 1. The van der Waals surface area contributed by atoms with Gasteiger partial charge in [0, 0.05) is 19.1 Å². The van der Waals surface area contributed by atoms with Gasteiger partial charge in [0.15, 0.2) is 0 Å². The molecular weight excluding hydrogens is 242 g/mol. The second kappa shape index (κ2) is 4.62. The van der Waals surface area contributed by atoms with Crippen LogP contribution in [0.15, 0.2) is 24.3 Å². The Balaban J connectivity index is 1.61. The van der Waals surface area contributed by atoms with Crippen LogP contribution in [0.1, 0.15) is 30.5 Å². The van der Waals surface area contributed by atoms with Gasteiger partial charge in [-0.15, -0.1) is 0 Å². The quantitative estimate of drug-likeness (QED) is 0.898. The van der Waals surface area contributed by atoms with Gasteiger partial charge in [0.25, 0.3) is 0 Å². The van der Waals surface area contributed by atoms with Gasteiger partial charge < -0.3 is 9.84 Å². The first kappa shape index (κ1) is 12.6. The molecule has 0 amide bonds. The Morgan fingerprint density at radius 1 is 1.47 bits per heavy atom. The number of ether oxygens (including phenoxy) is 1. The third-order valence-electron chi connectivity index (χ3n) is 4.16. The fourth-order valence-electron chi connectivity index (χ4n) is 3.27. The Morgan fingerprint density at radius 2 is 2.21 bits per heavy atom. The van der Waals surface area contributed by atoms with Crippen molar-refractivity contribution in [1.82, 2.24) is 4.90 Å². The summed E-state index contributed by atoms with van der Waals surface area (Å²) in [6, 6.07) is 9.09. The fraction of sp³-hybridized carbons (Fsp3) is 0.533.